The number of benzene rings is 2. The molecule has 0 radical (unpaired) electrons. The Balaban J connectivity index is 1.71. The molecule has 0 aliphatic rings. The van der Waals surface area contributed by atoms with Crippen LogP contribution in [0.3, 0.4) is 0 Å². The second-order valence-electron chi connectivity index (χ2n) is 7.95. The first kappa shape index (κ1) is 24.0. The van der Waals surface area contributed by atoms with Crippen molar-refractivity contribution in [2.45, 2.75) is 33.3 Å². The maximum absolute atomic E-state index is 13.3. The van der Waals surface area contributed by atoms with Gasteiger partial charge in [0.15, 0.2) is 0 Å². The molecule has 2 aromatic carbocycles. The Labute approximate surface area is 209 Å². The van der Waals surface area contributed by atoms with E-state index in [1.807, 2.05) is 26.0 Å². The fourth-order valence-corrected chi connectivity index (χ4v) is 3.93. The minimum Gasteiger partial charge on any atom is -0.472 e. The van der Waals surface area contributed by atoms with Crippen molar-refractivity contribution in [1.82, 2.24) is 19.5 Å². The highest BCUT2D eigenvalue weighted by Gasteiger charge is 2.18. The molecule has 2 heterocycles. The quantitative estimate of drug-likeness (QED) is 0.287. The molecule has 0 N–H and O–H groups in total. The number of halogens is 3. The lowest BCUT2D eigenvalue weighted by molar-refractivity contribution is 0.289. The molecule has 6 nitrogen and oxygen atoms in total. The van der Waals surface area contributed by atoms with Crippen molar-refractivity contribution in [1.29, 1.82) is 0 Å². The summed E-state index contributed by atoms with van der Waals surface area (Å²) < 4.78 is 20.4. The average molecular weight is 544 g/mol. The van der Waals surface area contributed by atoms with Crippen molar-refractivity contribution >= 4 is 27.5 Å². The van der Waals surface area contributed by atoms with Crippen LogP contribution in [0.4, 0.5) is 4.39 Å². The first-order valence-corrected chi connectivity index (χ1v) is 11.7. The minimum absolute atomic E-state index is 0.136. The molecule has 0 bridgehead atoms. The van der Waals surface area contributed by atoms with Crippen molar-refractivity contribution in [2.24, 2.45) is 0 Å². The lowest BCUT2D eigenvalue weighted by Crippen LogP contribution is -2.24. The van der Waals surface area contributed by atoms with Gasteiger partial charge in [-0.3, -0.25) is 9.36 Å². The molecule has 4 rings (SSSR count). The van der Waals surface area contributed by atoms with E-state index < -0.39 is 0 Å². The van der Waals surface area contributed by atoms with E-state index in [9.17, 15) is 9.18 Å². The average Bonchev–Trinajstić information content (AvgIpc) is 2.82. The zero-order chi connectivity index (χ0) is 24.4. The molecule has 0 spiro atoms. The van der Waals surface area contributed by atoms with Gasteiger partial charge in [-0.2, -0.15) is 4.98 Å². The predicted octanol–water partition coefficient (Wildman–Crippen LogP) is 6.26. The second kappa shape index (κ2) is 10.0. The third-order valence-electron chi connectivity index (χ3n) is 5.13. The van der Waals surface area contributed by atoms with Gasteiger partial charge in [-0.25, -0.2) is 14.4 Å². The third-order valence-corrected chi connectivity index (χ3v) is 6.13. The first-order chi connectivity index (χ1) is 16.2. The lowest BCUT2D eigenvalue weighted by atomic mass is 10.1. The molecular formula is C25H21BrClFN4O2. The summed E-state index contributed by atoms with van der Waals surface area (Å²) in [4.78, 5) is 26.7. The molecule has 2 aromatic heterocycles. The lowest BCUT2D eigenvalue weighted by Gasteiger charge is -2.15. The standard InChI is InChI=1S/C25H21BrClFN4O2/c1-14(2)23-29-11-10-20(31-23)17-6-9-19(27)21(12-17)32-15(3)30-24(22(26)25(32)33)34-13-16-4-7-18(28)8-5-16/h4-12,14H,13H2,1-3H3. The minimum atomic E-state index is -0.369. The summed E-state index contributed by atoms with van der Waals surface area (Å²) in [5.74, 6) is 1.12. The fraction of sp³-hybridized carbons (Fsp3) is 0.200. The Bertz CT molecular complexity index is 1410. The zero-order valence-electron chi connectivity index (χ0n) is 18.7. The van der Waals surface area contributed by atoms with E-state index in [0.29, 0.717) is 16.5 Å². The van der Waals surface area contributed by atoms with Crippen LogP contribution in [0.1, 0.15) is 37.0 Å². The van der Waals surface area contributed by atoms with Crippen LogP contribution >= 0.6 is 27.5 Å². The molecule has 0 unspecified atom stereocenters. The van der Waals surface area contributed by atoms with E-state index in [0.717, 1.165) is 22.6 Å². The summed E-state index contributed by atoms with van der Waals surface area (Å²) in [6, 6.07) is 13.1. The molecule has 0 atom stereocenters. The number of rotatable bonds is 6. The van der Waals surface area contributed by atoms with E-state index in [-0.39, 0.29) is 34.3 Å². The molecule has 4 aromatic rings. The SMILES string of the molecule is Cc1nc(OCc2ccc(F)cc2)c(Br)c(=O)n1-c1cc(-c2ccnc(C(C)C)n2)ccc1Cl. The van der Waals surface area contributed by atoms with Crippen molar-refractivity contribution in [3.8, 4) is 22.8 Å². The van der Waals surface area contributed by atoms with E-state index in [4.69, 9.17) is 16.3 Å². The molecule has 0 saturated carbocycles. The molecule has 0 saturated heterocycles. The summed E-state index contributed by atoms with van der Waals surface area (Å²) in [6.07, 6.45) is 1.72. The van der Waals surface area contributed by atoms with Crippen LogP contribution in [-0.4, -0.2) is 19.5 Å². The highest BCUT2D eigenvalue weighted by atomic mass is 79.9. The van der Waals surface area contributed by atoms with Gasteiger partial charge in [-0.05, 0) is 58.7 Å². The summed E-state index contributed by atoms with van der Waals surface area (Å²) in [5, 5.41) is 0.390. The van der Waals surface area contributed by atoms with Gasteiger partial charge >= 0.3 is 0 Å². The maximum atomic E-state index is 13.3. The van der Waals surface area contributed by atoms with E-state index in [1.54, 1.807) is 37.4 Å². The van der Waals surface area contributed by atoms with E-state index in [1.165, 1.54) is 16.7 Å². The summed E-state index contributed by atoms with van der Waals surface area (Å²) >= 11 is 9.81. The Hall–Kier alpha value is -3.10. The predicted molar refractivity (Wildman–Crippen MR) is 133 cm³/mol. The molecule has 0 amide bonds. The molecule has 0 fully saturated rings. The third kappa shape index (κ3) is 5.03. The van der Waals surface area contributed by atoms with Gasteiger partial charge in [-0.1, -0.05) is 43.6 Å². The maximum Gasteiger partial charge on any atom is 0.276 e. The van der Waals surface area contributed by atoms with Gasteiger partial charge in [-0.15, -0.1) is 0 Å². The number of nitrogens with zero attached hydrogens (tertiary/aromatic N) is 4. The largest absolute Gasteiger partial charge is 0.472 e. The topological polar surface area (TPSA) is 69.9 Å². The van der Waals surface area contributed by atoms with Gasteiger partial charge in [0.25, 0.3) is 5.56 Å². The zero-order valence-corrected chi connectivity index (χ0v) is 21.1. The number of aromatic nitrogens is 4. The van der Waals surface area contributed by atoms with Crippen molar-refractivity contribution in [2.75, 3.05) is 0 Å². The van der Waals surface area contributed by atoms with Gasteiger partial charge in [0.1, 0.15) is 28.5 Å². The summed E-state index contributed by atoms with van der Waals surface area (Å²) in [5.41, 5.74) is 2.38. The Morgan fingerprint density at radius 2 is 1.85 bits per heavy atom. The molecule has 174 valence electrons. The van der Waals surface area contributed by atoms with Crippen LogP contribution in [0.5, 0.6) is 5.88 Å². The van der Waals surface area contributed by atoms with Crippen LogP contribution < -0.4 is 10.3 Å². The van der Waals surface area contributed by atoms with Crippen LogP contribution in [-0.2, 0) is 6.61 Å². The highest BCUT2D eigenvalue weighted by molar-refractivity contribution is 9.10. The van der Waals surface area contributed by atoms with Crippen molar-refractivity contribution < 1.29 is 9.13 Å². The van der Waals surface area contributed by atoms with Gasteiger partial charge < -0.3 is 4.74 Å². The molecular weight excluding hydrogens is 523 g/mol. The van der Waals surface area contributed by atoms with Gasteiger partial charge in [0, 0.05) is 17.7 Å². The number of hydrogen-bond acceptors (Lipinski definition) is 5. The molecule has 9 heteroatoms. The summed E-state index contributed by atoms with van der Waals surface area (Å²) in [7, 11) is 0. The second-order valence-corrected chi connectivity index (χ2v) is 9.16. The van der Waals surface area contributed by atoms with Crippen LogP contribution in [0, 0.1) is 12.7 Å². The van der Waals surface area contributed by atoms with E-state index in [2.05, 4.69) is 30.9 Å². The Morgan fingerprint density at radius 1 is 1.12 bits per heavy atom. The summed E-state index contributed by atoms with van der Waals surface area (Å²) in [6.45, 7) is 5.89. The van der Waals surface area contributed by atoms with Crippen molar-refractivity contribution in [3.05, 3.63) is 97.6 Å². The molecule has 0 aliphatic carbocycles. The monoisotopic (exact) mass is 542 g/mol. The van der Waals surface area contributed by atoms with Crippen LogP contribution in [0.25, 0.3) is 16.9 Å². The number of aryl methyl sites for hydroxylation is 1. The van der Waals surface area contributed by atoms with Crippen LogP contribution in [0.2, 0.25) is 5.02 Å². The van der Waals surface area contributed by atoms with Gasteiger partial charge in [0.05, 0.1) is 16.4 Å². The molecule has 0 aliphatic heterocycles. The smallest absolute Gasteiger partial charge is 0.276 e. The van der Waals surface area contributed by atoms with Crippen molar-refractivity contribution in [3.63, 3.8) is 0 Å². The first-order valence-electron chi connectivity index (χ1n) is 10.5. The van der Waals surface area contributed by atoms with Crippen LogP contribution in [0.15, 0.2) is 64.0 Å². The van der Waals surface area contributed by atoms with Gasteiger partial charge in [0.2, 0.25) is 5.88 Å². The number of hydrogen-bond donors (Lipinski definition) is 0. The molecule has 34 heavy (non-hydrogen) atoms. The number of ether oxygens (including phenoxy) is 1. The fourth-order valence-electron chi connectivity index (χ4n) is 3.35. The Kier molecular flexibility index (Phi) is 7.09. The normalized spacial score (nSPS) is 11.1. The highest BCUT2D eigenvalue weighted by Crippen LogP contribution is 2.29. The Morgan fingerprint density at radius 3 is 2.56 bits per heavy atom. The van der Waals surface area contributed by atoms with E-state index >= 15 is 0 Å².